The number of aromatic nitrogens is 2. The van der Waals surface area contributed by atoms with Crippen LogP contribution in [0.2, 0.25) is 0 Å². The summed E-state index contributed by atoms with van der Waals surface area (Å²) in [4.78, 5) is 10.5. The first-order valence-electron chi connectivity index (χ1n) is 9.80. The van der Waals surface area contributed by atoms with Gasteiger partial charge in [-0.25, -0.2) is 0 Å². The van der Waals surface area contributed by atoms with E-state index in [0.717, 1.165) is 47.0 Å². The summed E-state index contributed by atoms with van der Waals surface area (Å²) in [5.41, 5.74) is 5.04. The summed E-state index contributed by atoms with van der Waals surface area (Å²) in [6, 6.07) is 11.3. The van der Waals surface area contributed by atoms with E-state index < -0.39 is 0 Å². The lowest BCUT2D eigenvalue weighted by Crippen LogP contribution is -2.36. The minimum atomic E-state index is 0.526. The standard InChI is InChI=1S/C21H22N8OS/c1-14-12-16(22-3)4-6-18(14)25-24-17-5-7-19(15(2)13-17)26-27-21-23-20(28-31-21)29-8-10-30-11-9-29/h4-7,12-13H,3,8-11H2,1-2H3. The monoisotopic (exact) mass is 434 g/mol. The summed E-state index contributed by atoms with van der Waals surface area (Å²) < 4.78 is 9.73. The van der Waals surface area contributed by atoms with E-state index in [9.17, 15) is 0 Å². The molecule has 10 heteroatoms. The molecular formula is C21H22N8OS. The lowest BCUT2D eigenvalue weighted by atomic mass is 10.2. The number of anilines is 1. The second kappa shape index (κ2) is 9.63. The fourth-order valence-electron chi connectivity index (χ4n) is 3.01. The van der Waals surface area contributed by atoms with Gasteiger partial charge in [-0.3, -0.25) is 4.99 Å². The number of benzene rings is 2. The molecule has 1 aliphatic heterocycles. The van der Waals surface area contributed by atoms with Gasteiger partial charge in [-0.05, 0) is 68.1 Å². The van der Waals surface area contributed by atoms with Crippen LogP contribution in [0.5, 0.6) is 0 Å². The molecule has 1 aromatic heterocycles. The molecule has 9 nitrogen and oxygen atoms in total. The average Bonchev–Trinajstić information content (AvgIpc) is 3.27. The molecule has 4 rings (SSSR count). The van der Waals surface area contributed by atoms with Crippen LogP contribution in [0, 0.1) is 13.8 Å². The van der Waals surface area contributed by atoms with E-state index in [1.54, 1.807) is 0 Å². The van der Waals surface area contributed by atoms with E-state index >= 15 is 0 Å². The third kappa shape index (κ3) is 5.22. The number of nitrogens with zero attached hydrogens (tertiary/aromatic N) is 8. The van der Waals surface area contributed by atoms with Crippen LogP contribution < -0.4 is 4.90 Å². The number of hydrogen-bond acceptors (Lipinski definition) is 10. The Morgan fingerprint density at radius 2 is 1.55 bits per heavy atom. The molecule has 0 spiro atoms. The van der Waals surface area contributed by atoms with Crippen molar-refractivity contribution in [3.63, 3.8) is 0 Å². The van der Waals surface area contributed by atoms with Crippen molar-refractivity contribution in [3.8, 4) is 0 Å². The number of ether oxygens (including phenoxy) is 1. The van der Waals surface area contributed by atoms with Gasteiger partial charge in [-0.15, -0.1) is 10.2 Å². The van der Waals surface area contributed by atoms with Crippen LogP contribution in [-0.2, 0) is 4.74 Å². The molecule has 0 aliphatic carbocycles. The van der Waals surface area contributed by atoms with Crippen molar-refractivity contribution in [1.82, 2.24) is 9.36 Å². The molecule has 2 heterocycles. The molecule has 0 N–H and O–H groups in total. The number of azo groups is 2. The Morgan fingerprint density at radius 3 is 2.23 bits per heavy atom. The minimum Gasteiger partial charge on any atom is -0.378 e. The summed E-state index contributed by atoms with van der Waals surface area (Å²) in [5, 5.41) is 17.8. The van der Waals surface area contributed by atoms with Crippen LogP contribution in [0.1, 0.15) is 11.1 Å². The molecular weight excluding hydrogens is 412 g/mol. The van der Waals surface area contributed by atoms with Crippen molar-refractivity contribution in [3.05, 3.63) is 47.5 Å². The smallest absolute Gasteiger partial charge is 0.251 e. The highest BCUT2D eigenvalue weighted by Gasteiger charge is 2.15. The first kappa shape index (κ1) is 20.9. The Labute approximate surface area is 184 Å². The summed E-state index contributed by atoms with van der Waals surface area (Å²) in [7, 11) is 0. The Morgan fingerprint density at radius 1 is 0.903 bits per heavy atom. The van der Waals surface area contributed by atoms with Crippen molar-refractivity contribution < 1.29 is 4.74 Å². The Kier molecular flexibility index (Phi) is 6.48. The summed E-state index contributed by atoms with van der Waals surface area (Å²) in [5.74, 6) is 0.682. The molecule has 0 radical (unpaired) electrons. The fourth-order valence-corrected chi connectivity index (χ4v) is 3.53. The van der Waals surface area contributed by atoms with Crippen LogP contribution >= 0.6 is 11.5 Å². The zero-order valence-corrected chi connectivity index (χ0v) is 18.2. The minimum absolute atomic E-state index is 0.526. The third-order valence-electron chi connectivity index (χ3n) is 4.76. The van der Waals surface area contributed by atoms with Gasteiger partial charge in [0.05, 0.1) is 36.0 Å². The van der Waals surface area contributed by atoms with E-state index in [1.807, 2.05) is 50.2 Å². The van der Waals surface area contributed by atoms with E-state index in [-0.39, 0.29) is 0 Å². The molecule has 0 saturated carbocycles. The van der Waals surface area contributed by atoms with Crippen molar-refractivity contribution in [2.45, 2.75) is 13.8 Å². The molecule has 1 aliphatic rings. The van der Waals surface area contributed by atoms with Crippen LogP contribution in [0.4, 0.5) is 33.8 Å². The Bertz CT molecular complexity index is 1130. The fraction of sp³-hybridized carbons (Fsp3) is 0.286. The van der Waals surface area contributed by atoms with E-state index in [2.05, 4.69) is 46.4 Å². The average molecular weight is 435 g/mol. The van der Waals surface area contributed by atoms with Gasteiger partial charge in [0.15, 0.2) is 0 Å². The van der Waals surface area contributed by atoms with Crippen LogP contribution in [0.15, 0.2) is 61.8 Å². The van der Waals surface area contributed by atoms with Crippen molar-refractivity contribution in [2.24, 2.45) is 25.4 Å². The summed E-state index contributed by atoms with van der Waals surface area (Å²) >= 11 is 1.23. The quantitative estimate of drug-likeness (QED) is 0.343. The predicted molar refractivity (Wildman–Crippen MR) is 123 cm³/mol. The molecule has 158 valence electrons. The number of hydrogen-bond donors (Lipinski definition) is 0. The van der Waals surface area contributed by atoms with Crippen molar-refractivity contribution >= 4 is 52.1 Å². The van der Waals surface area contributed by atoms with Gasteiger partial charge >= 0.3 is 0 Å². The number of morpholine rings is 1. The zero-order chi connectivity index (χ0) is 21.6. The van der Waals surface area contributed by atoms with Gasteiger partial charge in [-0.2, -0.15) is 19.6 Å². The lowest BCUT2D eigenvalue weighted by Gasteiger charge is -2.25. The highest BCUT2D eigenvalue weighted by atomic mass is 32.1. The number of aliphatic imine (C=N–C) groups is 1. The summed E-state index contributed by atoms with van der Waals surface area (Å²) in [6.07, 6.45) is 0. The molecule has 0 unspecified atom stereocenters. The summed E-state index contributed by atoms with van der Waals surface area (Å²) in [6.45, 7) is 10.4. The SMILES string of the molecule is C=Nc1ccc(N=Nc2ccc(N=Nc3nc(N4CCOCC4)ns3)c(C)c2)c(C)c1. The molecule has 31 heavy (non-hydrogen) atoms. The second-order valence-electron chi connectivity index (χ2n) is 6.98. The van der Waals surface area contributed by atoms with Crippen LogP contribution in [0.3, 0.4) is 0 Å². The van der Waals surface area contributed by atoms with Gasteiger partial charge in [0.1, 0.15) is 0 Å². The molecule has 3 aromatic rings. The third-order valence-corrected chi connectivity index (χ3v) is 5.35. The van der Waals surface area contributed by atoms with Gasteiger partial charge in [-0.1, -0.05) is 0 Å². The molecule has 0 amide bonds. The predicted octanol–water partition coefficient (Wildman–Crippen LogP) is 6.15. The maximum atomic E-state index is 5.36. The Balaban J connectivity index is 1.44. The van der Waals surface area contributed by atoms with Crippen molar-refractivity contribution in [1.29, 1.82) is 0 Å². The topological polar surface area (TPSA) is 100 Å². The van der Waals surface area contributed by atoms with E-state index in [4.69, 9.17) is 4.74 Å². The lowest BCUT2D eigenvalue weighted by molar-refractivity contribution is 0.122. The van der Waals surface area contributed by atoms with Crippen LogP contribution in [-0.4, -0.2) is 42.4 Å². The van der Waals surface area contributed by atoms with Gasteiger partial charge in [0.25, 0.3) is 5.13 Å². The maximum absolute atomic E-state index is 5.36. The molecule has 0 atom stereocenters. The van der Waals surface area contributed by atoms with Crippen LogP contribution in [0.25, 0.3) is 0 Å². The largest absolute Gasteiger partial charge is 0.378 e. The normalized spacial score (nSPS) is 14.6. The molecule has 0 bridgehead atoms. The first-order valence-corrected chi connectivity index (χ1v) is 10.6. The van der Waals surface area contributed by atoms with Crippen molar-refractivity contribution in [2.75, 3.05) is 31.2 Å². The highest BCUT2D eigenvalue weighted by Crippen LogP contribution is 2.30. The van der Waals surface area contributed by atoms with E-state index in [1.165, 1.54) is 11.5 Å². The maximum Gasteiger partial charge on any atom is 0.251 e. The van der Waals surface area contributed by atoms with E-state index in [0.29, 0.717) is 24.3 Å². The molecule has 1 fully saturated rings. The zero-order valence-electron chi connectivity index (χ0n) is 17.4. The van der Waals surface area contributed by atoms with Gasteiger partial charge < -0.3 is 9.64 Å². The Hall–Kier alpha value is -3.37. The highest BCUT2D eigenvalue weighted by molar-refractivity contribution is 7.09. The molecule has 1 saturated heterocycles. The molecule has 2 aromatic carbocycles. The second-order valence-corrected chi connectivity index (χ2v) is 7.71. The van der Waals surface area contributed by atoms with Gasteiger partial charge in [0.2, 0.25) is 5.95 Å². The number of rotatable bonds is 6. The first-order chi connectivity index (χ1) is 15.1. The van der Waals surface area contributed by atoms with Gasteiger partial charge in [0, 0.05) is 24.6 Å². The number of aryl methyl sites for hydroxylation is 2.